The Morgan fingerprint density at radius 2 is 1.74 bits per heavy atom. The summed E-state index contributed by atoms with van der Waals surface area (Å²) in [6, 6.07) is 7.85. The fraction of sp³-hybridized carbons (Fsp3) is 0.389. The van der Waals surface area contributed by atoms with E-state index in [4.69, 9.17) is 41.1 Å². The van der Waals surface area contributed by atoms with Crippen molar-refractivity contribution in [2.45, 2.75) is 32.6 Å². The molecule has 2 heterocycles. The Hall–Kier alpha value is -2.00. The first-order valence-corrected chi connectivity index (χ1v) is 9.54. The number of carbonyl (C=O) groups is 2. The maximum Gasteiger partial charge on any atom is 0.414 e. The minimum atomic E-state index is -1.82. The molecule has 1 aromatic carbocycles. The van der Waals surface area contributed by atoms with Crippen molar-refractivity contribution >= 4 is 34.9 Å². The molecule has 0 aliphatic carbocycles. The number of thiazole rings is 1. The summed E-state index contributed by atoms with van der Waals surface area (Å²) >= 11 is 7.61. The molecule has 1 aromatic heterocycles. The summed E-state index contributed by atoms with van der Waals surface area (Å²) in [7, 11) is 0. The lowest BCUT2D eigenvalue weighted by molar-refractivity contribution is -0.159. The maximum atomic E-state index is 9.10. The number of aromatic nitrogens is 1. The van der Waals surface area contributed by atoms with E-state index < -0.39 is 11.9 Å². The molecule has 0 spiro atoms. The molecule has 0 bridgehead atoms. The zero-order chi connectivity index (χ0) is 20.0. The van der Waals surface area contributed by atoms with Gasteiger partial charge in [-0.3, -0.25) is 4.90 Å². The van der Waals surface area contributed by atoms with Crippen LogP contribution in [0.1, 0.15) is 19.5 Å². The summed E-state index contributed by atoms with van der Waals surface area (Å²) in [5.74, 6) is -3.65. The highest BCUT2D eigenvalue weighted by Crippen LogP contribution is 2.26. The topological polar surface area (TPSA) is 100.0 Å². The summed E-state index contributed by atoms with van der Waals surface area (Å²) < 4.78 is 5.77. The average molecular weight is 413 g/mol. The number of ether oxygens (including phenoxy) is 1. The molecule has 0 radical (unpaired) electrons. The molecule has 146 valence electrons. The van der Waals surface area contributed by atoms with Crippen LogP contribution in [0.25, 0.3) is 10.6 Å². The normalized spacial score (nSPS) is 19.8. The number of nitrogens with zero attached hydrogens (tertiary/aromatic N) is 2. The second-order valence-corrected chi connectivity index (χ2v) is 7.51. The van der Waals surface area contributed by atoms with Crippen molar-refractivity contribution in [3.63, 3.8) is 0 Å². The van der Waals surface area contributed by atoms with Gasteiger partial charge < -0.3 is 14.9 Å². The number of carboxylic acids is 2. The van der Waals surface area contributed by atoms with Crippen LogP contribution in [-0.2, 0) is 20.9 Å². The van der Waals surface area contributed by atoms with Gasteiger partial charge in [-0.05, 0) is 26.0 Å². The molecule has 1 saturated heterocycles. The van der Waals surface area contributed by atoms with E-state index in [0.29, 0.717) is 12.2 Å². The summed E-state index contributed by atoms with van der Waals surface area (Å²) in [5.41, 5.74) is 2.26. The Kier molecular flexibility index (Phi) is 7.73. The average Bonchev–Trinajstić information content (AvgIpc) is 3.03. The maximum absolute atomic E-state index is 9.10. The minimum Gasteiger partial charge on any atom is -0.473 e. The highest BCUT2D eigenvalue weighted by molar-refractivity contribution is 7.13. The smallest absolute Gasteiger partial charge is 0.414 e. The molecule has 27 heavy (non-hydrogen) atoms. The van der Waals surface area contributed by atoms with Gasteiger partial charge in [-0.2, -0.15) is 0 Å². The molecule has 7 nitrogen and oxygen atoms in total. The van der Waals surface area contributed by atoms with E-state index in [0.717, 1.165) is 40.9 Å². The highest BCUT2D eigenvalue weighted by atomic mass is 35.5. The predicted octanol–water partition coefficient (Wildman–Crippen LogP) is 3.23. The summed E-state index contributed by atoms with van der Waals surface area (Å²) in [6.45, 7) is 7.09. The SMILES string of the molecule is CC1CN(Cc2csc(-c3ccc(Cl)cc3)n2)CC(C)O1.O=C(O)C(=O)O. The van der Waals surface area contributed by atoms with Crippen LogP contribution in [0, 0.1) is 0 Å². The number of rotatable bonds is 3. The van der Waals surface area contributed by atoms with E-state index >= 15 is 0 Å². The second kappa shape index (κ2) is 9.80. The zero-order valence-corrected chi connectivity index (χ0v) is 16.5. The Balaban J connectivity index is 0.000000380. The second-order valence-electron chi connectivity index (χ2n) is 6.21. The number of halogens is 1. The minimum absolute atomic E-state index is 0.295. The van der Waals surface area contributed by atoms with Gasteiger partial charge in [0.2, 0.25) is 0 Å². The van der Waals surface area contributed by atoms with Crippen LogP contribution in [0.5, 0.6) is 0 Å². The fourth-order valence-electron chi connectivity index (χ4n) is 2.75. The van der Waals surface area contributed by atoms with Gasteiger partial charge in [-0.15, -0.1) is 11.3 Å². The molecule has 1 aliphatic heterocycles. The molecule has 0 amide bonds. The lowest BCUT2D eigenvalue weighted by Gasteiger charge is -2.34. The lowest BCUT2D eigenvalue weighted by Crippen LogP contribution is -2.44. The summed E-state index contributed by atoms with van der Waals surface area (Å²) in [5, 5.41) is 18.7. The Morgan fingerprint density at radius 1 is 1.19 bits per heavy atom. The van der Waals surface area contributed by atoms with Crippen molar-refractivity contribution in [1.82, 2.24) is 9.88 Å². The van der Waals surface area contributed by atoms with E-state index in [1.807, 2.05) is 24.3 Å². The number of benzene rings is 1. The first-order chi connectivity index (χ1) is 12.7. The number of hydrogen-bond donors (Lipinski definition) is 2. The third-order valence-corrected chi connectivity index (χ3v) is 4.90. The monoisotopic (exact) mass is 412 g/mol. The zero-order valence-electron chi connectivity index (χ0n) is 15.0. The molecule has 2 atom stereocenters. The quantitative estimate of drug-likeness (QED) is 0.746. The van der Waals surface area contributed by atoms with Crippen LogP contribution in [0.2, 0.25) is 5.02 Å². The molecule has 2 unspecified atom stereocenters. The van der Waals surface area contributed by atoms with Crippen molar-refractivity contribution in [3.8, 4) is 10.6 Å². The van der Waals surface area contributed by atoms with Crippen molar-refractivity contribution in [1.29, 1.82) is 0 Å². The van der Waals surface area contributed by atoms with Crippen molar-refractivity contribution < 1.29 is 24.5 Å². The number of aliphatic carboxylic acids is 2. The van der Waals surface area contributed by atoms with Gasteiger partial charge in [0.05, 0.1) is 17.9 Å². The largest absolute Gasteiger partial charge is 0.473 e. The van der Waals surface area contributed by atoms with Crippen LogP contribution >= 0.6 is 22.9 Å². The molecule has 1 fully saturated rings. The van der Waals surface area contributed by atoms with E-state index in [1.54, 1.807) is 11.3 Å². The van der Waals surface area contributed by atoms with Crippen LogP contribution in [0.4, 0.5) is 0 Å². The van der Waals surface area contributed by atoms with Gasteiger partial charge in [0.1, 0.15) is 5.01 Å². The molecule has 0 saturated carbocycles. The van der Waals surface area contributed by atoms with Gasteiger partial charge in [-0.1, -0.05) is 23.7 Å². The van der Waals surface area contributed by atoms with Gasteiger partial charge in [0.25, 0.3) is 0 Å². The van der Waals surface area contributed by atoms with Crippen molar-refractivity contribution in [2.24, 2.45) is 0 Å². The molecule has 2 N–H and O–H groups in total. The standard InChI is InChI=1S/C16H19ClN2OS.C2H2O4/c1-11-7-19(8-12(2)20-11)9-15-10-21-16(18-15)13-3-5-14(17)6-4-13;3-1(4)2(5)6/h3-6,10-12H,7-9H2,1-2H3;(H,3,4)(H,5,6). The lowest BCUT2D eigenvalue weighted by atomic mass is 10.2. The molecular weight excluding hydrogens is 392 g/mol. The Labute approximate surface area is 166 Å². The highest BCUT2D eigenvalue weighted by Gasteiger charge is 2.22. The molecule has 2 aromatic rings. The fourth-order valence-corrected chi connectivity index (χ4v) is 3.69. The predicted molar refractivity (Wildman–Crippen MR) is 103 cm³/mol. The number of carboxylic acid groups (broad SMARTS) is 2. The van der Waals surface area contributed by atoms with E-state index in [1.165, 1.54) is 0 Å². The van der Waals surface area contributed by atoms with E-state index in [2.05, 4.69) is 24.1 Å². The third-order valence-electron chi connectivity index (χ3n) is 3.71. The number of morpholine rings is 1. The van der Waals surface area contributed by atoms with Crippen LogP contribution in [0.3, 0.4) is 0 Å². The number of hydrogen-bond acceptors (Lipinski definition) is 6. The third kappa shape index (κ3) is 6.91. The van der Waals surface area contributed by atoms with Gasteiger partial charge in [0, 0.05) is 35.6 Å². The van der Waals surface area contributed by atoms with E-state index in [-0.39, 0.29) is 0 Å². The van der Waals surface area contributed by atoms with Crippen molar-refractivity contribution in [2.75, 3.05) is 13.1 Å². The van der Waals surface area contributed by atoms with Crippen LogP contribution < -0.4 is 0 Å². The summed E-state index contributed by atoms with van der Waals surface area (Å²) in [6.07, 6.45) is 0.589. The molecule has 9 heteroatoms. The first kappa shape index (κ1) is 21.3. The Bertz CT molecular complexity index is 758. The first-order valence-electron chi connectivity index (χ1n) is 8.29. The van der Waals surface area contributed by atoms with Gasteiger partial charge in [-0.25, -0.2) is 14.6 Å². The van der Waals surface area contributed by atoms with Crippen LogP contribution in [-0.4, -0.2) is 57.3 Å². The van der Waals surface area contributed by atoms with Crippen LogP contribution in [0.15, 0.2) is 29.6 Å². The van der Waals surface area contributed by atoms with E-state index in [9.17, 15) is 0 Å². The summed E-state index contributed by atoms with van der Waals surface area (Å²) in [4.78, 5) is 25.4. The molecular formula is C18H21ClN2O5S. The van der Waals surface area contributed by atoms with Gasteiger partial charge in [0.15, 0.2) is 0 Å². The van der Waals surface area contributed by atoms with Crippen molar-refractivity contribution in [3.05, 3.63) is 40.4 Å². The molecule has 1 aliphatic rings. The van der Waals surface area contributed by atoms with Gasteiger partial charge >= 0.3 is 11.9 Å². The molecule has 3 rings (SSSR count). The Morgan fingerprint density at radius 3 is 2.26 bits per heavy atom.